The molecule has 0 bridgehead atoms. The van der Waals surface area contributed by atoms with Crippen LogP contribution in [0.25, 0.3) is 0 Å². The fraction of sp³-hybridized carbons (Fsp3) is 0.500. The van der Waals surface area contributed by atoms with E-state index in [-0.39, 0.29) is 0 Å². The predicted molar refractivity (Wildman–Crippen MR) is 65.1 cm³/mol. The molecule has 1 amide bonds. The minimum absolute atomic E-state index is 0.538. The topological polar surface area (TPSA) is 20.3 Å². The second-order valence-corrected chi connectivity index (χ2v) is 4.95. The van der Waals surface area contributed by atoms with Crippen LogP contribution in [0.15, 0.2) is 30.3 Å². The zero-order chi connectivity index (χ0) is 11.5. The largest absolute Gasteiger partial charge is 0.345 e. The highest BCUT2D eigenvalue weighted by atomic mass is 16.1. The summed E-state index contributed by atoms with van der Waals surface area (Å²) < 4.78 is 0. The first-order chi connectivity index (χ1) is 7.72. The van der Waals surface area contributed by atoms with Gasteiger partial charge in [-0.1, -0.05) is 44.2 Å². The molecule has 1 aliphatic heterocycles. The number of benzene rings is 1. The highest BCUT2D eigenvalue weighted by Gasteiger charge is 2.32. The summed E-state index contributed by atoms with van der Waals surface area (Å²) in [5.41, 5.74) is 1.41. The van der Waals surface area contributed by atoms with Crippen molar-refractivity contribution in [3.05, 3.63) is 35.9 Å². The Bertz CT molecular complexity index is 337. The van der Waals surface area contributed by atoms with Gasteiger partial charge in [0.2, 0.25) is 6.41 Å². The van der Waals surface area contributed by atoms with E-state index >= 15 is 0 Å². The molecule has 2 nitrogen and oxygen atoms in total. The molecule has 1 unspecified atom stereocenters. The lowest BCUT2D eigenvalue weighted by molar-refractivity contribution is -0.120. The molecule has 1 aliphatic rings. The van der Waals surface area contributed by atoms with E-state index in [1.54, 1.807) is 0 Å². The van der Waals surface area contributed by atoms with E-state index in [0.29, 0.717) is 17.8 Å². The molecule has 1 fully saturated rings. The van der Waals surface area contributed by atoms with Crippen LogP contribution in [-0.4, -0.2) is 24.4 Å². The zero-order valence-corrected chi connectivity index (χ0v) is 9.97. The molecule has 16 heavy (non-hydrogen) atoms. The number of carbonyl (C=O) groups excluding carboxylic acids is 1. The third-order valence-corrected chi connectivity index (χ3v) is 3.60. The van der Waals surface area contributed by atoms with E-state index in [4.69, 9.17) is 0 Å². The van der Waals surface area contributed by atoms with Gasteiger partial charge < -0.3 is 4.90 Å². The highest BCUT2D eigenvalue weighted by Crippen LogP contribution is 2.36. The summed E-state index contributed by atoms with van der Waals surface area (Å²) in [4.78, 5) is 12.7. The van der Waals surface area contributed by atoms with Gasteiger partial charge in [-0.2, -0.15) is 0 Å². The van der Waals surface area contributed by atoms with E-state index in [9.17, 15) is 4.79 Å². The Hall–Kier alpha value is -1.31. The lowest BCUT2D eigenvalue weighted by atomic mass is 9.75. The van der Waals surface area contributed by atoms with Crippen molar-refractivity contribution in [1.29, 1.82) is 0 Å². The van der Waals surface area contributed by atoms with E-state index < -0.39 is 0 Å². The number of carbonyl (C=O) groups is 1. The molecule has 0 spiro atoms. The first-order valence-electron chi connectivity index (χ1n) is 5.96. The maximum atomic E-state index is 10.8. The fourth-order valence-electron chi connectivity index (χ4n) is 3.02. The van der Waals surface area contributed by atoms with Crippen molar-refractivity contribution < 1.29 is 4.79 Å². The van der Waals surface area contributed by atoms with Gasteiger partial charge in [-0.25, -0.2) is 0 Å². The molecule has 1 aromatic carbocycles. The second kappa shape index (κ2) is 4.69. The van der Waals surface area contributed by atoms with Crippen LogP contribution in [0.1, 0.15) is 25.3 Å². The van der Waals surface area contributed by atoms with Gasteiger partial charge in [-0.3, -0.25) is 4.79 Å². The van der Waals surface area contributed by atoms with Crippen molar-refractivity contribution in [2.45, 2.75) is 19.8 Å². The number of hydrogen-bond acceptors (Lipinski definition) is 1. The molecule has 86 valence electrons. The second-order valence-electron chi connectivity index (χ2n) is 4.95. The molecule has 1 aromatic rings. The average molecular weight is 217 g/mol. The van der Waals surface area contributed by atoms with Crippen LogP contribution in [0.3, 0.4) is 0 Å². The first kappa shape index (κ1) is 11.2. The standard InChI is InChI=1S/C14H19NO/c1-11-8-15(10-16)9-12(2)14(11)13-6-4-3-5-7-13/h3-7,10-12,14H,8-9H2,1-2H3/t11-,12+,14?. The Balaban J connectivity index is 2.19. The molecular formula is C14H19NO. The molecule has 0 aromatic heterocycles. The summed E-state index contributed by atoms with van der Waals surface area (Å²) in [5, 5.41) is 0. The minimum Gasteiger partial charge on any atom is -0.345 e. The minimum atomic E-state index is 0.538. The Morgan fingerprint density at radius 2 is 1.69 bits per heavy atom. The maximum Gasteiger partial charge on any atom is 0.209 e. The van der Waals surface area contributed by atoms with Gasteiger partial charge >= 0.3 is 0 Å². The molecule has 0 radical (unpaired) electrons. The Morgan fingerprint density at radius 1 is 1.12 bits per heavy atom. The predicted octanol–water partition coefficient (Wildman–Crippen LogP) is 2.51. The van der Waals surface area contributed by atoms with E-state index in [1.165, 1.54) is 5.56 Å². The summed E-state index contributed by atoms with van der Waals surface area (Å²) in [6.07, 6.45) is 0.980. The Morgan fingerprint density at radius 3 is 2.19 bits per heavy atom. The monoisotopic (exact) mass is 217 g/mol. The number of amides is 1. The van der Waals surface area contributed by atoms with Gasteiger partial charge in [0.1, 0.15) is 0 Å². The normalized spacial score (nSPS) is 30.1. The summed E-state index contributed by atoms with van der Waals surface area (Å²) in [6, 6.07) is 10.7. The fourth-order valence-corrected chi connectivity index (χ4v) is 3.02. The van der Waals surface area contributed by atoms with Gasteiger partial charge in [0, 0.05) is 13.1 Å². The molecule has 0 aliphatic carbocycles. The number of likely N-dealkylation sites (tertiary alicyclic amines) is 1. The van der Waals surface area contributed by atoms with Crippen molar-refractivity contribution in [3.8, 4) is 0 Å². The molecule has 2 rings (SSSR count). The summed E-state index contributed by atoms with van der Waals surface area (Å²) in [7, 11) is 0. The summed E-state index contributed by atoms with van der Waals surface area (Å²) in [6.45, 7) is 6.24. The molecule has 0 saturated carbocycles. The summed E-state index contributed by atoms with van der Waals surface area (Å²) >= 11 is 0. The van der Waals surface area contributed by atoms with Crippen molar-refractivity contribution in [2.75, 3.05) is 13.1 Å². The molecule has 2 heteroatoms. The molecule has 1 heterocycles. The number of rotatable bonds is 2. The van der Waals surface area contributed by atoms with Crippen LogP contribution < -0.4 is 0 Å². The highest BCUT2D eigenvalue weighted by molar-refractivity contribution is 5.47. The van der Waals surface area contributed by atoms with Gasteiger partial charge in [-0.05, 0) is 23.3 Å². The molecule has 3 atom stereocenters. The number of hydrogen-bond donors (Lipinski definition) is 0. The van der Waals surface area contributed by atoms with Crippen LogP contribution in [0, 0.1) is 11.8 Å². The van der Waals surface area contributed by atoms with Crippen molar-refractivity contribution in [2.24, 2.45) is 11.8 Å². The third-order valence-electron chi connectivity index (χ3n) is 3.60. The Labute approximate surface area is 97.3 Å². The van der Waals surface area contributed by atoms with Gasteiger partial charge in [0.15, 0.2) is 0 Å². The molecular weight excluding hydrogens is 198 g/mol. The lowest BCUT2D eigenvalue weighted by Crippen LogP contribution is -2.42. The summed E-state index contributed by atoms with van der Waals surface area (Å²) in [5.74, 6) is 1.66. The SMILES string of the molecule is C[C@@H]1CN(C=O)C[C@H](C)C1c1ccccc1. The molecule has 1 saturated heterocycles. The van der Waals surface area contributed by atoms with Crippen LogP contribution in [0.2, 0.25) is 0 Å². The van der Waals surface area contributed by atoms with Crippen LogP contribution in [0.5, 0.6) is 0 Å². The van der Waals surface area contributed by atoms with Crippen LogP contribution >= 0.6 is 0 Å². The maximum absolute atomic E-state index is 10.8. The van der Waals surface area contributed by atoms with E-state index in [0.717, 1.165) is 19.5 Å². The van der Waals surface area contributed by atoms with Gasteiger partial charge in [0.25, 0.3) is 0 Å². The van der Waals surface area contributed by atoms with Crippen molar-refractivity contribution >= 4 is 6.41 Å². The van der Waals surface area contributed by atoms with Crippen molar-refractivity contribution in [3.63, 3.8) is 0 Å². The zero-order valence-electron chi connectivity index (χ0n) is 9.97. The first-order valence-corrected chi connectivity index (χ1v) is 5.96. The van der Waals surface area contributed by atoms with Crippen molar-refractivity contribution in [1.82, 2.24) is 4.90 Å². The van der Waals surface area contributed by atoms with Crippen LogP contribution in [-0.2, 0) is 4.79 Å². The number of nitrogens with zero attached hydrogens (tertiary/aromatic N) is 1. The average Bonchev–Trinajstić information content (AvgIpc) is 2.29. The Kier molecular flexibility index (Phi) is 3.28. The van der Waals surface area contributed by atoms with Gasteiger partial charge in [-0.15, -0.1) is 0 Å². The third kappa shape index (κ3) is 2.11. The van der Waals surface area contributed by atoms with E-state index in [1.807, 2.05) is 4.90 Å². The quantitative estimate of drug-likeness (QED) is 0.697. The van der Waals surface area contributed by atoms with E-state index in [2.05, 4.69) is 44.2 Å². The van der Waals surface area contributed by atoms with Crippen LogP contribution in [0.4, 0.5) is 0 Å². The molecule has 0 N–H and O–H groups in total. The lowest BCUT2D eigenvalue weighted by Gasteiger charge is -2.40. The van der Waals surface area contributed by atoms with Gasteiger partial charge in [0.05, 0.1) is 0 Å². The number of piperidine rings is 1. The smallest absolute Gasteiger partial charge is 0.209 e.